The number of H-pyrrole nitrogens is 1. The van der Waals surface area contributed by atoms with Crippen LogP contribution in [0.5, 0.6) is 0 Å². The van der Waals surface area contributed by atoms with Gasteiger partial charge in [0.1, 0.15) is 0 Å². The molecule has 28 heavy (non-hydrogen) atoms. The van der Waals surface area contributed by atoms with Gasteiger partial charge in [0.05, 0.1) is 24.2 Å². The highest BCUT2D eigenvalue weighted by Crippen LogP contribution is 2.13. The highest BCUT2D eigenvalue weighted by molar-refractivity contribution is 5.97. The molecule has 0 spiro atoms. The molecule has 1 aliphatic heterocycles. The standard InChI is InChI=1S/C21H24N4O3/c1-24-19-6-5-17(12-18(19)23-21(24)27)20(26)22-13-15-3-2-4-16(11-15)14-25-7-9-28-10-8-25/h2-6,11-12H,7-10,13-14H2,1H3,(H,22,26)(H,23,27). The fourth-order valence-electron chi connectivity index (χ4n) is 3.52. The molecule has 1 saturated heterocycles. The fourth-order valence-corrected chi connectivity index (χ4v) is 3.52. The molecule has 0 radical (unpaired) electrons. The van der Waals surface area contributed by atoms with E-state index in [1.54, 1.807) is 25.2 Å². The lowest BCUT2D eigenvalue weighted by molar-refractivity contribution is 0.0342. The Morgan fingerprint density at radius 1 is 1.14 bits per heavy atom. The van der Waals surface area contributed by atoms with Crippen molar-refractivity contribution in [1.82, 2.24) is 19.8 Å². The highest BCUT2D eigenvalue weighted by atomic mass is 16.5. The number of hydrogen-bond donors (Lipinski definition) is 2. The minimum Gasteiger partial charge on any atom is -0.379 e. The fraction of sp³-hybridized carbons (Fsp3) is 0.333. The molecule has 7 nitrogen and oxygen atoms in total. The predicted octanol–water partition coefficient (Wildman–Crippen LogP) is 1.63. The molecule has 2 heterocycles. The van der Waals surface area contributed by atoms with Crippen molar-refractivity contribution in [3.63, 3.8) is 0 Å². The van der Waals surface area contributed by atoms with Gasteiger partial charge in [-0.3, -0.25) is 14.3 Å². The monoisotopic (exact) mass is 380 g/mol. The molecule has 1 amide bonds. The summed E-state index contributed by atoms with van der Waals surface area (Å²) < 4.78 is 6.92. The lowest BCUT2D eigenvalue weighted by Crippen LogP contribution is -2.35. The Hall–Kier alpha value is -2.90. The van der Waals surface area contributed by atoms with Gasteiger partial charge in [0.25, 0.3) is 5.91 Å². The highest BCUT2D eigenvalue weighted by Gasteiger charge is 2.12. The molecule has 7 heteroatoms. The number of carbonyl (C=O) groups is 1. The van der Waals surface area contributed by atoms with Gasteiger partial charge in [-0.25, -0.2) is 4.79 Å². The zero-order valence-electron chi connectivity index (χ0n) is 15.9. The van der Waals surface area contributed by atoms with Crippen LogP contribution in [-0.4, -0.2) is 46.7 Å². The summed E-state index contributed by atoms with van der Waals surface area (Å²) in [6.45, 7) is 4.82. The number of amides is 1. The van der Waals surface area contributed by atoms with Crippen LogP contribution in [0.1, 0.15) is 21.5 Å². The number of benzene rings is 2. The van der Waals surface area contributed by atoms with Gasteiger partial charge in [-0.2, -0.15) is 0 Å². The number of aromatic nitrogens is 2. The largest absolute Gasteiger partial charge is 0.379 e. The summed E-state index contributed by atoms with van der Waals surface area (Å²) in [5, 5.41) is 2.96. The lowest BCUT2D eigenvalue weighted by atomic mass is 10.1. The maximum Gasteiger partial charge on any atom is 0.326 e. The maximum absolute atomic E-state index is 12.5. The molecular formula is C21H24N4O3. The number of fused-ring (bicyclic) bond motifs is 1. The summed E-state index contributed by atoms with van der Waals surface area (Å²) in [7, 11) is 1.70. The molecule has 0 atom stereocenters. The van der Waals surface area contributed by atoms with E-state index in [-0.39, 0.29) is 11.6 Å². The first-order valence-corrected chi connectivity index (χ1v) is 9.45. The molecule has 3 aromatic rings. The normalized spacial score (nSPS) is 15.0. The number of aromatic amines is 1. The molecule has 1 aromatic heterocycles. The molecule has 1 fully saturated rings. The van der Waals surface area contributed by atoms with Gasteiger partial charge in [0, 0.05) is 38.8 Å². The van der Waals surface area contributed by atoms with Crippen LogP contribution in [0.4, 0.5) is 0 Å². The average molecular weight is 380 g/mol. The second-order valence-electron chi connectivity index (χ2n) is 7.11. The first-order valence-electron chi connectivity index (χ1n) is 9.45. The van der Waals surface area contributed by atoms with E-state index < -0.39 is 0 Å². The number of ether oxygens (including phenoxy) is 1. The third-order valence-corrected chi connectivity index (χ3v) is 5.12. The van der Waals surface area contributed by atoms with Crippen LogP contribution >= 0.6 is 0 Å². The molecule has 2 aromatic carbocycles. The summed E-state index contributed by atoms with van der Waals surface area (Å²) in [6, 6.07) is 13.5. The van der Waals surface area contributed by atoms with Crippen LogP contribution in [0.3, 0.4) is 0 Å². The Morgan fingerprint density at radius 2 is 1.93 bits per heavy atom. The van der Waals surface area contributed by atoms with E-state index in [0.29, 0.717) is 17.6 Å². The van der Waals surface area contributed by atoms with Crippen LogP contribution in [0.25, 0.3) is 11.0 Å². The zero-order chi connectivity index (χ0) is 19.5. The molecule has 1 aliphatic rings. The first kappa shape index (κ1) is 18.5. The van der Waals surface area contributed by atoms with E-state index in [1.165, 1.54) is 10.1 Å². The van der Waals surface area contributed by atoms with Crippen LogP contribution in [0.15, 0.2) is 47.3 Å². The first-order chi connectivity index (χ1) is 13.6. The van der Waals surface area contributed by atoms with Crippen molar-refractivity contribution in [2.45, 2.75) is 13.1 Å². The van der Waals surface area contributed by atoms with Crippen LogP contribution in [0.2, 0.25) is 0 Å². The number of hydrogen-bond acceptors (Lipinski definition) is 4. The van der Waals surface area contributed by atoms with Gasteiger partial charge in [-0.15, -0.1) is 0 Å². The van der Waals surface area contributed by atoms with Crippen molar-refractivity contribution in [2.75, 3.05) is 26.3 Å². The number of morpholine rings is 1. The minimum absolute atomic E-state index is 0.162. The van der Waals surface area contributed by atoms with E-state index in [9.17, 15) is 9.59 Å². The third-order valence-electron chi connectivity index (χ3n) is 5.12. The Morgan fingerprint density at radius 3 is 2.75 bits per heavy atom. The SMILES string of the molecule is Cn1c(=O)[nH]c2cc(C(=O)NCc3cccc(CN4CCOCC4)c3)ccc21. The Kier molecular flexibility index (Phi) is 5.27. The smallest absolute Gasteiger partial charge is 0.326 e. The molecule has 146 valence electrons. The zero-order valence-corrected chi connectivity index (χ0v) is 15.9. The van der Waals surface area contributed by atoms with Crippen molar-refractivity contribution in [3.8, 4) is 0 Å². The van der Waals surface area contributed by atoms with Crippen LogP contribution in [-0.2, 0) is 24.9 Å². The summed E-state index contributed by atoms with van der Waals surface area (Å²) in [6.07, 6.45) is 0. The van der Waals surface area contributed by atoms with Crippen molar-refractivity contribution < 1.29 is 9.53 Å². The number of nitrogens with one attached hydrogen (secondary N) is 2. The van der Waals surface area contributed by atoms with E-state index in [4.69, 9.17) is 4.74 Å². The van der Waals surface area contributed by atoms with E-state index in [0.717, 1.165) is 43.9 Å². The van der Waals surface area contributed by atoms with Crippen molar-refractivity contribution in [2.24, 2.45) is 7.05 Å². The molecule has 0 saturated carbocycles. The Balaban J connectivity index is 1.40. The summed E-state index contributed by atoms with van der Waals surface area (Å²) >= 11 is 0. The number of carbonyl (C=O) groups excluding carboxylic acids is 1. The van der Waals surface area contributed by atoms with E-state index in [1.807, 2.05) is 12.1 Å². The van der Waals surface area contributed by atoms with Crippen molar-refractivity contribution in [1.29, 1.82) is 0 Å². The summed E-state index contributed by atoms with van der Waals surface area (Å²) in [5.41, 5.74) is 4.07. The molecular weight excluding hydrogens is 356 g/mol. The molecule has 4 rings (SSSR count). The number of imidazole rings is 1. The van der Waals surface area contributed by atoms with E-state index in [2.05, 4.69) is 27.3 Å². The number of nitrogens with zero attached hydrogens (tertiary/aromatic N) is 2. The van der Waals surface area contributed by atoms with Crippen LogP contribution < -0.4 is 11.0 Å². The van der Waals surface area contributed by atoms with E-state index >= 15 is 0 Å². The second-order valence-corrected chi connectivity index (χ2v) is 7.11. The third kappa shape index (κ3) is 4.00. The second kappa shape index (κ2) is 8.00. The number of rotatable bonds is 5. The molecule has 0 bridgehead atoms. The van der Waals surface area contributed by atoms with Gasteiger partial charge in [-0.1, -0.05) is 24.3 Å². The van der Waals surface area contributed by atoms with Gasteiger partial charge in [0.15, 0.2) is 0 Å². The Bertz CT molecular complexity index is 1050. The molecule has 0 unspecified atom stereocenters. The summed E-state index contributed by atoms with van der Waals surface area (Å²) in [4.78, 5) is 29.4. The van der Waals surface area contributed by atoms with Crippen molar-refractivity contribution >= 4 is 16.9 Å². The van der Waals surface area contributed by atoms with Gasteiger partial charge < -0.3 is 15.0 Å². The van der Waals surface area contributed by atoms with Gasteiger partial charge in [-0.05, 0) is 29.3 Å². The van der Waals surface area contributed by atoms with Crippen molar-refractivity contribution in [3.05, 3.63) is 69.6 Å². The lowest BCUT2D eigenvalue weighted by Gasteiger charge is -2.26. The average Bonchev–Trinajstić information content (AvgIpc) is 3.00. The maximum atomic E-state index is 12.5. The minimum atomic E-state index is -0.190. The summed E-state index contributed by atoms with van der Waals surface area (Å²) in [5.74, 6) is -0.162. The molecule has 0 aliphatic carbocycles. The Labute approximate surface area is 162 Å². The predicted molar refractivity (Wildman–Crippen MR) is 107 cm³/mol. The van der Waals surface area contributed by atoms with Gasteiger partial charge in [0.2, 0.25) is 0 Å². The van der Waals surface area contributed by atoms with Gasteiger partial charge >= 0.3 is 5.69 Å². The quantitative estimate of drug-likeness (QED) is 0.705. The van der Waals surface area contributed by atoms with Crippen LogP contribution in [0, 0.1) is 0 Å². The molecule has 2 N–H and O–H groups in total. The topological polar surface area (TPSA) is 79.4 Å². The number of aryl methyl sites for hydroxylation is 1.